The molecule has 35 heavy (non-hydrogen) atoms. The summed E-state index contributed by atoms with van der Waals surface area (Å²) in [6.45, 7) is 3.98. The number of para-hydroxylation sites is 1. The van der Waals surface area contributed by atoms with Crippen molar-refractivity contribution in [3.63, 3.8) is 0 Å². The van der Waals surface area contributed by atoms with Crippen LogP contribution in [-0.2, 0) is 0 Å². The van der Waals surface area contributed by atoms with Gasteiger partial charge in [-0.1, -0.05) is 30.3 Å². The van der Waals surface area contributed by atoms with Crippen LogP contribution >= 0.6 is 0 Å². The van der Waals surface area contributed by atoms with Crippen LogP contribution in [0, 0.1) is 6.92 Å². The van der Waals surface area contributed by atoms with Crippen molar-refractivity contribution in [2.24, 2.45) is 0 Å². The minimum atomic E-state index is -0.266. The lowest BCUT2D eigenvalue weighted by atomic mass is 10.1. The highest BCUT2D eigenvalue weighted by molar-refractivity contribution is 5.90. The zero-order valence-electron chi connectivity index (χ0n) is 19.2. The predicted octanol–water partition coefficient (Wildman–Crippen LogP) is 4.32. The Morgan fingerprint density at radius 1 is 1.03 bits per heavy atom. The summed E-state index contributed by atoms with van der Waals surface area (Å²) >= 11 is 0. The average Bonchev–Trinajstić information content (AvgIpc) is 3.53. The lowest BCUT2D eigenvalue weighted by Crippen LogP contribution is -2.26. The number of aromatic nitrogens is 7. The summed E-state index contributed by atoms with van der Waals surface area (Å²) in [6, 6.07) is 17.2. The van der Waals surface area contributed by atoms with Crippen LogP contribution in [-0.4, -0.2) is 34.3 Å². The van der Waals surface area contributed by atoms with Crippen LogP contribution in [0.1, 0.15) is 24.2 Å². The van der Waals surface area contributed by atoms with Gasteiger partial charge in [0.25, 0.3) is 5.56 Å². The molecular formula is C26H22N8O. The fourth-order valence-corrected chi connectivity index (χ4v) is 4.41. The Morgan fingerprint density at radius 3 is 2.69 bits per heavy atom. The van der Waals surface area contributed by atoms with E-state index in [0.717, 1.165) is 28.0 Å². The molecule has 4 aromatic heterocycles. The molecule has 0 aliphatic carbocycles. The molecule has 4 heterocycles. The van der Waals surface area contributed by atoms with Crippen LogP contribution in [0.5, 0.6) is 0 Å². The number of benzene rings is 2. The molecule has 0 spiro atoms. The fraction of sp³-hybridized carbons (Fsp3) is 0.115. The van der Waals surface area contributed by atoms with Gasteiger partial charge in [-0.2, -0.15) is 5.10 Å². The maximum absolute atomic E-state index is 14.1. The summed E-state index contributed by atoms with van der Waals surface area (Å²) in [4.78, 5) is 30.1. The number of aryl methyl sites for hydroxylation is 1. The van der Waals surface area contributed by atoms with Gasteiger partial charge in [0, 0.05) is 17.6 Å². The van der Waals surface area contributed by atoms with E-state index in [1.165, 1.54) is 6.33 Å². The molecule has 0 saturated heterocycles. The number of nitrogens with one attached hydrogen (secondary N) is 2. The standard InChI is InChI=1S/C26H22N8O/c1-16-12-31-33(13-16)20-10-6-7-18-11-21(34(26(35)22(18)20)19-8-4-3-5-9-19)17(2)32-25-23-24(28-14-27-23)29-15-30-25/h3-15,17H,1-2H3,(H2,27,28,29,30,32)/t17-/m0/s1. The van der Waals surface area contributed by atoms with Crippen molar-refractivity contribution in [3.05, 3.63) is 101 Å². The molecule has 0 bridgehead atoms. The second-order valence-electron chi connectivity index (χ2n) is 8.44. The van der Waals surface area contributed by atoms with E-state index in [4.69, 9.17) is 0 Å². The third kappa shape index (κ3) is 3.54. The van der Waals surface area contributed by atoms with Gasteiger partial charge >= 0.3 is 0 Å². The number of hydrogen-bond donors (Lipinski definition) is 2. The number of imidazole rings is 1. The molecular weight excluding hydrogens is 440 g/mol. The van der Waals surface area contributed by atoms with E-state index in [-0.39, 0.29) is 11.6 Å². The van der Waals surface area contributed by atoms with Crippen molar-refractivity contribution in [2.75, 3.05) is 5.32 Å². The molecule has 172 valence electrons. The Kier molecular flexibility index (Phi) is 4.88. The molecule has 2 N–H and O–H groups in total. The summed E-state index contributed by atoms with van der Waals surface area (Å²) in [5.41, 5.74) is 4.51. The lowest BCUT2D eigenvalue weighted by Gasteiger charge is -2.22. The van der Waals surface area contributed by atoms with Crippen LogP contribution < -0.4 is 10.9 Å². The Labute approximate surface area is 200 Å². The molecule has 9 heteroatoms. The monoisotopic (exact) mass is 462 g/mol. The minimum Gasteiger partial charge on any atom is -0.360 e. The van der Waals surface area contributed by atoms with Crippen molar-refractivity contribution >= 4 is 27.8 Å². The van der Waals surface area contributed by atoms with Crippen molar-refractivity contribution in [3.8, 4) is 11.4 Å². The van der Waals surface area contributed by atoms with Crippen molar-refractivity contribution < 1.29 is 0 Å². The zero-order valence-corrected chi connectivity index (χ0v) is 19.2. The fourth-order valence-electron chi connectivity index (χ4n) is 4.41. The first-order chi connectivity index (χ1) is 17.1. The third-order valence-electron chi connectivity index (χ3n) is 6.04. The number of hydrogen-bond acceptors (Lipinski definition) is 6. The number of nitrogens with zero attached hydrogens (tertiary/aromatic N) is 6. The third-order valence-corrected chi connectivity index (χ3v) is 6.04. The predicted molar refractivity (Wildman–Crippen MR) is 135 cm³/mol. The molecule has 0 amide bonds. The van der Waals surface area contributed by atoms with Crippen LogP contribution in [0.4, 0.5) is 5.82 Å². The maximum Gasteiger partial charge on any atom is 0.265 e. The van der Waals surface area contributed by atoms with Gasteiger partial charge in [0.1, 0.15) is 11.8 Å². The average molecular weight is 463 g/mol. The summed E-state index contributed by atoms with van der Waals surface area (Å²) in [6.07, 6.45) is 6.78. The summed E-state index contributed by atoms with van der Waals surface area (Å²) < 4.78 is 3.51. The second kappa shape index (κ2) is 8.21. The Bertz CT molecular complexity index is 1730. The highest BCUT2D eigenvalue weighted by atomic mass is 16.1. The van der Waals surface area contributed by atoms with Gasteiger partial charge in [0.05, 0.1) is 29.6 Å². The molecule has 0 unspecified atom stereocenters. The highest BCUT2D eigenvalue weighted by Crippen LogP contribution is 2.27. The van der Waals surface area contributed by atoms with Gasteiger partial charge in [0.15, 0.2) is 11.5 Å². The largest absolute Gasteiger partial charge is 0.360 e. The molecule has 6 rings (SSSR count). The van der Waals surface area contributed by atoms with Gasteiger partial charge in [-0.3, -0.25) is 9.36 Å². The van der Waals surface area contributed by atoms with Crippen molar-refractivity contribution in [1.82, 2.24) is 34.3 Å². The van der Waals surface area contributed by atoms with Crippen LogP contribution in [0.2, 0.25) is 0 Å². The number of fused-ring (bicyclic) bond motifs is 2. The minimum absolute atomic E-state index is 0.117. The molecule has 9 nitrogen and oxygen atoms in total. The highest BCUT2D eigenvalue weighted by Gasteiger charge is 2.20. The van der Waals surface area contributed by atoms with E-state index in [2.05, 4.69) is 30.4 Å². The maximum atomic E-state index is 14.1. The first kappa shape index (κ1) is 20.8. The SMILES string of the molecule is Cc1cnn(-c2cccc3cc([C@H](C)Nc4ncnc5[nH]cnc45)n(-c4ccccc4)c(=O)c23)c1. The molecule has 2 aromatic carbocycles. The van der Waals surface area contributed by atoms with Crippen LogP contribution in [0.15, 0.2) is 84.4 Å². The van der Waals surface area contributed by atoms with Crippen LogP contribution in [0.3, 0.4) is 0 Å². The molecule has 0 fully saturated rings. The van der Waals surface area contributed by atoms with E-state index in [1.807, 2.05) is 74.6 Å². The molecule has 0 aliphatic heterocycles. The number of anilines is 1. The summed E-state index contributed by atoms with van der Waals surface area (Å²) in [5.74, 6) is 0.594. The van der Waals surface area contributed by atoms with Crippen molar-refractivity contribution in [1.29, 1.82) is 0 Å². The van der Waals surface area contributed by atoms with E-state index >= 15 is 0 Å². The smallest absolute Gasteiger partial charge is 0.265 e. The Balaban J connectivity index is 1.57. The normalized spacial score (nSPS) is 12.3. The van der Waals surface area contributed by atoms with Gasteiger partial charge in [0.2, 0.25) is 0 Å². The van der Waals surface area contributed by atoms with E-state index in [0.29, 0.717) is 22.4 Å². The van der Waals surface area contributed by atoms with Crippen molar-refractivity contribution in [2.45, 2.75) is 19.9 Å². The zero-order chi connectivity index (χ0) is 23.9. The Morgan fingerprint density at radius 2 is 1.89 bits per heavy atom. The van der Waals surface area contributed by atoms with E-state index < -0.39 is 0 Å². The van der Waals surface area contributed by atoms with Gasteiger partial charge in [-0.05, 0) is 49.1 Å². The number of aromatic amines is 1. The Hall–Kier alpha value is -4.79. The molecule has 1 atom stereocenters. The summed E-state index contributed by atoms with van der Waals surface area (Å²) in [7, 11) is 0. The second-order valence-corrected chi connectivity index (χ2v) is 8.44. The molecule has 0 aliphatic rings. The first-order valence-corrected chi connectivity index (χ1v) is 11.3. The number of pyridine rings is 1. The molecule has 6 aromatic rings. The molecule has 0 radical (unpaired) electrons. The summed E-state index contributed by atoms with van der Waals surface area (Å²) in [5, 5.41) is 9.32. The quantitative estimate of drug-likeness (QED) is 0.395. The first-order valence-electron chi connectivity index (χ1n) is 11.3. The van der Waals surface area contributed by atoms with Gasteiger partial charge in [-0.25, -0.2) is 19.6 Å². The van der Waals surface area contributed by atoms with E-state index in [1.54, 1.807) is 21.8 Å². The number of H-pyrrole nitrogens is 1. The number of rotatable bonds is 5. The van der Waals surface area contributed by atoms with E-state index in [9.17, 15) is 4.79 Å². The lowest BCUT2D eigenvalue weighted by molar-refractivity contribution is 0.773. The van der Waals surface area contributed by atoms with Gasteiger partial charge in [-0.15, -0.1) is 0 Å². The topological polar surface area (TPSA) is 106 Å². The van der Waals surface area contributed by atoms with Gasteiger partial charge < -0.3 is 10.3 Å². The van der Waals surface area contributed by atoms with Crippen LogP contribution in [0.25, 0.3) is 33.3 Å². The molecule has 0 saturated carbocycles.